The largest absolute Gasteiger partial charge is 0.494 e. The number of benzene rings is 2. The zero-order chi connectivity index (χ0) is 23.4. The van der Waals surface area contributed by atoms with E-state index in [1.165, 1.54) is 4.31 Å². The quantitative estimate of drug-likeness (QED) is 0.545. The Bertz CT molecular complexity index is 1240. The predicted octanol–water partition coefficient (Wildman–Crippen LogP) is 3.78. The first-order valence-electron chi connectivity index (χ1n) is 11.5. The highest BCUT2D eigenvalue weighted by molar-refractivity contribution is 7.89. The number of nitrogens with one attached hydrogen (secondary N) is 1. The lowest BCUT2D eigenvalue weighted by Gasteiger charge is -2.31. The van der Waals surface area contributed by atoms with Crippen LogP contribution < -0.4 is 10.1 Å². The average Bonchev–Trinajstić information content (AvgIpc) is 3.26. The monoisotopic (exact) mass is 469 g/mol. The second-order valence-corrected chi connectivity index (χ2v) is 10.2. The van der Waals surface area contributed by atoms with Crippen LogP contribution in [0.15, 0.2) is 59.6 Å². The summed E-state index contributed by atoms with van der Waals surface area (Å²) in [7, 11) is -3.67. The normalized spacial score (nSPS) is 17.2. The summed E-state index contributed by atoms with van der Waals surface area (Å²) in [6.45, 7) is 6.32. The van der Waals surface area contributed by atoms with Crippen molar-refractivity contribution in [1.82, 2.24) is 14.2 Å². The molecule has 2 aromatic carbocycles. The lowest BCUT2D eigenvalue weighted by Crippen LogP contribution is -2.45. The predicted molar refractivity (Wildman–Crippen MR) is 129 cm³/mol. The van der Waals surface area contributed by atoms with E-state index in [4.69, 9.17) is 4.74 Å². The molecule has 1 fully saturated rings. The van der Waals surface area contributed by atoms with Crippen LogP contribution >= 0.6 is 0 Å². The third kappa shape index (κ3) is 4.91. The first kappa shape index (κ1) is 23.3. The molecule has 1 amide bonds. The van der Waals surface area contributed by atoms with Crippen molar-refractivity contribution in [2.75, 3.05) is 19.7 Å². The number of piperidine rings is 1. The van der Waals surface area contributed by atoms with Gasteiger partial charge >= 0.3 is 0 Å². The first-order valence-corrected chi connectivity index (χ1v) is 13.0. The molecule has 0 saturated carbocycles. The number of hydrogen-bond donors (Lipinski definition) is 1. The molecule has 1 aromatic heterocycles. The molecular weight excluding hydrogens is 438 g/mol. The molecule has 3 aromatic rings. The van der Waals surface area contributed by atoms with Gasteiger partial charge in [-0.3, -0.25) is 4.79 Å². The maximum Gasteiger partial charge on any atom is 0.243 e. The van der Waals surface area contributed by atoms with Crippen molar-refractivity contribution in [3.8, 4) is 5.75 Å². The number of fused-ring (bicyclic) bond motifs is 1. The van der Waals surface area contributed by atoms with Crippen molar-refractivity contribution in [2.45, 2.75) is 44.7 Å². The van der Waals surface area contributed by atoms with Crippen LogP contribution in [-0.2, 0) is 27.9 Å². The number of aryl methyl sites for hydroxylation is 1. The average molecular weight is 470 g/mol. The Hall–Kier alpha value is -2.84. The maximum absolute atomic E-state index is 13.3. The van der Waals surface area contributed by atoms with E-state index in [2.05, 4.69) is 16.8 Å². The highest BCUT2D eigenvalue weighted by Crippen LogP contribution is 2.27. The Labute approximate surface area is 195 Å². The van der Waals surface area contributed by atoms with E-state index in [-0.39, 0.29) is 23.3 Å². The van der Waals surface area contributed by atoms with Gasteiger partial charge in [0, 0.05) is 48.8 Å². The molecule has 0 aliphatic carbocycles. The number of sulfonamides is 1. The van der Waals surface area contributed by atoms with Gasteiger partial charge in [0.2, 0.25) is 15.9 Å². The Morgan fingerprint density at radius 1 is 1.15 bits per heavy atom. The highest BCUT2D eigenvalue weighted by Gasteiger charge is 2.33. The number of hydrogen-bond acceptors (Lipinski definition) is 4. The summed E-state index contributed by atoms with van der Waals surface area (Å²) in [4.78, 5) is 13.2. The fraction of sp³-hybridized carbons (Fsp3) is 0.400. The van der Waals surface area contributed by atoms with Gasteiger partial charge in [-0.15, -0.1) is 0 Å². The van der Waals surface area contributed by atoms with Crippen molar-refractivity contribution >= 4 is 26.8 Å². The molecule has 1 saturated heterocycles. The molecular formula is C25H31N3O4S. The highest BCUT2D eigenvalue weighted by atomic mass is 32.2. The van der Waals surface area contributed by atoms with Crippen molar-refractivity contribution in [1.29, 1.82) is 0 Å². The summed E-state index contributed by atoms with van der Waals surface area (Å²) in [5.41, 5.74) is 1.92. The van der Waals surface area contributed by atoms with E-state index in [1.54, 1.807) is 12.1 Å². The lowest BCUT2D eigenvalue weighted by atomic mass is 9.98. The Balaban J connectivity index is 1.45. The van der Waals surface area contributed by atoms with Crippen molar-refractivity contribution in [2.24, 2.45) is 5.92 Å². The van der Waals surface area contributed by atoms with Crippen LogP contribution in [0.4, 0.5) is 0 Å². The zero-order valence-electron chi connectivity index (χ0n) is 19.2. The summed E-state index contributed by atoms with van der Waals surface area (Å²) in [6.07, 6.45) is 3.29. The van der Waals surface area contributed by atoms with Crippen LogP contribution in [0, 0.1) is 5.92 Å². The molecule has 1 atom stereocenters. The number of carbonyl (C=O) groups is 1. The third-order valence-corrected chi connectivity index (χ3v) is 8.06. The van der Waals surface area contributed by atoms with E-state index >= 15 is 0 Å². The summed E-state index contributed by atoms with van der Waals surface area (Å²) in [5.74, 6) is 0.245. The Morgan fingerprint density at radius 3 is 2.76 bits per heavy atom. The molecule has 176 valence electrons. The Kier molecular flexibility index (Phi) is 7.05. The smallest absolute Gasteiger partial charge is 0.243 e. The number of para-hydroxylation sites is 1. The summed E-state index contributed by atoms with van der Waals surface area (Å²) in [5, 5.41) is 3.87. The second kappa shape index (κ2) is 9.97. The van der Waals surface area contributed by atoms with E-state index in [0.717, 1.165) is 28.8 Å². The molecule has 1 aliphatic heterocycles. The minimum absolute atomic E-state index is 0.128. The maximum atomic E-state index is 13.3. The summed E-state index contributed by atoms with van der Waals surface area (Å²) in [6, 6.07) is 14.8. The fourth-order valence-corrected chi connectivity index (χ4v) is 5.97. The van der Waals surface area contributed by atoms with Crippen LogP contribution in [0.25, 0.3) is 10.9 Å². The molecule has 2 heterocycles. The number of ether oxygens (including phenoxy) is 1. The van der Waals surface area contributed by atoms with Gasteiger partial charge in [-0.2, -0.15) is 4.31 Å². The van der Waals surface area contributed by atoms with Gasteiger partial charge in [-0.1, -0.05) is 18.2 Å². The standard InChI is InChI=1S/C25H31N3O4S/c1-3-27-15-13-19-16-22(11-12-23(19)27)33(30,31)28-14-7-9-21(18-28)25(29)26-17-20-8-5-6-10-24(20)32-4-2/h5-6,8,10-13,15-16,21H,3-4,7,9,14,17-18H2,1-2H3,(H,26,29)/t21-/m0/s1. The van der Waals surface area contributed by atoms with E-state index in [9.17, 15) is 13.2 Å². The van der Waals surface area contributed by atoms with Gasteiger partial charge in [-0.05, 0) is 57.0 Å². The zero-order valence-corrected chi connectivity index (χ0v) is 20.0. The van der Waals surface area contributed by atoms with Crippen LogP contribution in [0.1, 0.15) is 32.3 Å². The summed E-state index contributed by atoms with van der Waals surface area (Å²) < 4.78 is 35.8. The SMILES string of the molecule is CCOc1ccccc1CNC(=O)[C@H]1CCCN(S(=O)(=O)c2ccc3c(ccn3CC)c2)C1. The summed E-state index contributed by atoms with van der Waals surface area (Å²) >= 11 is 0. The molecule has 33 heavy (non-hydrogen) atoms. The molecule has 0 unspecified atom stereocenters. The molecule has 7 nitrogen and oxygen atoms in total. The molecule has 4 rings (SSSR count). The van der Waals surface area contributed by atoms with Gasteiger partial charge in [0.1, 0.15) is 5.75 Å². The minimum Gasteiger partial charge on any atom is -0.494 e. The van der Waals surface area contributed by atoms with E-state index < -0.39 is 10.0 Å². The number of aromatic nitrogens is 1. The third-order valence-electron chi connectivity index (χ3n) is 6.20. The second-order valence-electron chi connectivity index (χ2n) is 8.28. The van der Waals surface area contributed by atoms with Crippen molar-refractivity contribution < 1.29 is 17.9 Å². The topological polar surface area (TPSA) is 80.6 Å². The number of amides is 1. The van der Waals surface area contributed by atoms with Crippen molar-refractivity contribution in [3.63, 3.8) is 0 Å². The minimum atomic E-state index is -3.67. The molecule has 8 heteroatoms. The van der Waals surface area contributed by atoms with Crippen LogP contribution in [0.3, 0.4) is 0 Å². The molecule has 0 spiro atoms. The fourth-order valence-electron chi connectivity index (χ4n) is 4.41. The number of rotatable bonds is 8. The van der Waals surface area contributed by atoms with Gasteiger partial charge in [0.25, 0.3) is 0 Å². The Morgan fingerprint density at radius 2 is 1.97 bits per heavy atom. The molecule has 0 bridgehead atoms. The number of carbonyl (C=O) groups excluding carboxylic acids is 1. The van der Waals surface area contributed by atoms with Gasteiger partial charge in [0.15, 0.2) is 0 Å². The molecule has 1 aliphatic rings. The van der Waals surface area contributed by atoms with Crippen molar-refractivity contribution in [3.05, 3.63) is 60.3 Å². The number of nitrogens with zero attached hydrogens (tertiary/aromatic N) is 2. The molecule has 0 radical (unpaired) electrons. The first-order chi connectivity index (χ1) is 15.9. The lowest BCUT2D eigenvalue weighted by molar-refractivity contribution is -0.126. The van der Waals surface area contributed by atoms with Gasteiger partial charge in [-0.25, -0.2) is 8.42 Å². The van der Waals surface area contributed by atoms with Crippen LogP contribution in [0.5, 0.6) is 5.75 Å². The molecule has 1 N–H and O–H groups in total. The van der Waals surface area contributed by atoms with E-state index in [0.29, 0.717) is 32.5 Å². The van der Waals surface area contributed by atoms with E-state index in [1.807, 2.05) is 49.5 Å². The van der Waals surface area contributed by atoms with Gasteiger partial charge in [0.05, 0.1) is 17.4 Å². The van der Waals surface area contributed by atoms with Crippen LogP contribution in [0.2, 0.25) is 0 Å². The van der Waals surface area contributed by atoms with Crippen LogP contribution in [-0.4, -0.2) is 42.9 Å². The van der Waals surface area contributed by atoms with Gasteiger partial charge < -0.3 is 14.6 Å².